The molecule has 0 unspecified atom stereocenters. The Hall–Kier alpha value is -1.41. The normalized spacial score (nSPS) is 11.8. The summed E-state index contributed by atoms with van der Waals surface area (Å²) in [6, 6.07) is 5.38. The van der Waals surface area contributed by atoms with Crippen molar-refractivity contribution in [3.63, 3.8) is 0 Å². The number of aliphatic hydroxyl groups excluding tert-OH is 1. The van der Waals surface area contributed by atoms with Gasteiger partial charge >= 0.3 is 0 Å². The van der Waals surface area contributed by atoms with Crippen LogP contribution in [0.25, 0.3) is 0 Å². The molecule has 2 aromatic rings. The monoisotopic (exact) mass is 333 g/mol. The Labute approximate surface area is 126 Å². The second kappa shape index (κ2) is 6.57. The van der Waals surface area contributed by atoms with E-state index in [0.717, 1.165) is 12.1 Å². The Morgan fingerprint density at radius 2 is 2.14 bits per heavy atom. The molecule has 0 radical (unpaired) electrons. The molecule has 1 heterocycles. The van der Waals surface area contributed by atoms with E-state index in [1.54, 1.807) is 12.1 Å². The minimum absolute atomic E-state index is 0.0167. The minimum atomic E-state index is -3.89. The Morgan fingerprint density at radius 1 is 1.38 bits per heavy atom. The first-order chi connectivity index (χ1) is 9.94. The number of hydrogen-bond acceptors (Lipinski definition) is 4. The lowest BCUT2D eigenvalue weighted by molar-refractivity contribution is 0.281. The topological polar surface area (TPSA) is 79.5 Å². The van der Waals surface area contributed by atoms with Crippen LogP contribution in [0.1, 0.15) is 11.3 Å². The van der Waals surface area contributed by atoms with Crippen LogP contribution in [-0.2, 0) is 23.1 Å². The summed E-state index contributed by atoms with van der Waals surface area (Å²) in [7, 11) is -3.89. The molecule has 2 N–H and O–H groups in total. The predicted octanol–water partition coefficient (Wildman–Crippen LogP) is 2.09. The molecule has 0 aliphatic rings. The van der Waals surface area contributed by atoms with Gasteiger partial charge in [-0.3, -0.25) is 0 Å². The second-order valence-electron chi connectivity index (χ2n) is 4.26. The molecule has 0 bridgehead atoms. The van der Waals surface area contributed by atoms with E-state index in [0.29, 0.717) is 12.2 Å². The van der Waals surface area contributed by atoms with Crippen molar-refractivity contribution in [2.24, 2.45) is 0 Å². The molecule has 0 aliphatic carbocycles. The maximum Gasteiger partial charge on any atom is 0.240 e. The fraction of sp³-hybridized carbons (Fsp3) is 0.231. The highest BCUT2D eigenvalue weighted by Crippen LogP contribution is 2.24. The number of benzene rings is 1. The van der Waals surface area contributed by atoms with E-state index in [9.17, 15) is 12.8 Å². The van der Waals surface area contributed by atoms with Gasteiger partial charge in [0.15, 0.2) is 0 Å². The van der Waals surface area contributed by atoms with Gasteiger partial charge in [0.25, 0.3) is 0 Å². The van der Waals surface area contributed by atoms with Crippen molar-refractivity contribution in [2.45, 2.75) is 17.9 Å². The van der Waals surface area contributed by atoms with Crippen LogP contribution in [-0.4, -0.2) is 20.1 Å². The molecule has 0 saturated carbocycles. The highest BCUT2D eigenvalue weighted by molar-refractivity contribution is 7.89. The van der Waals surface area contributed by atoms with Gasteiger partial charge in [0, 0.05) is 18.5 Å². The molecule has 0 aliphatic heterocycles. The summed E-state index contributed by atoms with van der Waals surface area (Å²) < 4.78 is 45.1. The fourth-order valence-corrected chi connectivity index (χ4v) is 3.00. The maximum atomic E-state index is 13.6. The van der Waals surface area contributed by atoms with Crippen LogP contribution < -0.4 is 4.72 Å². The first kappa shape index (κ1) is 16.0. The largest absolute Gasteiger partial charge is 0.469 e. The van der Waals surface area contributed by atoms with Crippen LogP contribution >= 0.6 is 11.6 Å². The average Bonchev–Trinajstić information content (AvgIpc) is 2.94. The highest BCUT2D eigenvalue weighted by atomic mass is 35.5. The summed E-state index contributed by atoms with van der Waals surface area (Å²) in [4.78, 5) is -0.284. The summed E-state index contributed by atoms with van der Waals surface area (Å²) >= 11 is 5.62. The average molecular weight is 334 g/mol. The van der Waals surface area contributed by atoms with E-state index >= 15 is 0 Å². The summed E-state index contributed by atoms with van der Waals surface area (Å²) in [5, 5.41) is 8.77. The molecule has 114 valence electrons. The lowest BCUT2D eigenvalue weighted by Crippen LogP contribution is -2.26. The van der Waals surface area contributed by atoms with Crippen molar-refractivity contribution in [1.29, 1.82) is 0 Å². The Kier molecular flexibility index (Phi) is 5.00. The first-order valence-electron chi connectivity index (χ1n) is 6.05. The zero-order chi connectivity index (χ0) is 15.5. The lowest BCUT2D eigenvalue weighted by Gasteiger charge is -2.09. The number of halogens is 2. The van der Waals surface area contributed by atoms with E-state index in [1.165, 1.54) is 6.26 Å². The van der Waals surface area contributed by atoms with Crippen LogP contribution in [0.2, 0.25) is 5.02 Å². The van der Waals surface area contributed by atoms with Crippen molar-refractivity contribution >= 4 is 21.6 Å². The molecule has 8 heteroatoms. The van der Waals surface area contributed by atoms with Gasteiger partial charge in [-0.15, -0.1) is 0 Å². The van der Waals surface area contributed by atoms with Gasteiger partial charge in [-0.2, -0.15) is 0 Å². The van der Waals surface area contributed by atoms with E-state index in [4.69, 9.17) is 21.1 Å². The fourth-order valence-electron chi connectivity index (χ4n) is 1.74. The third-order valence-electron chi connectivity index (χ3n) is 2.80. The quantitative estimate of drug-likeness (QED) is 0.848. The van der Waals surface area contributed by atoms with E-state index in [-0.39, 0.29) is 22.0 Å². The zero-order valence-corrected chi connectivity index (χ0v) is 12.4. The maximum absolute atomic E-state index is 13.6. The number of aliphatic hydroxyl groups is 1. The number of hydrogen-bond donors (Lipinski definition) is 2. The van der Waals surface area contributed by atoms with Crippen molar-refractivity contribution in [3.05, 3.63) is 52.7 Å². The van der Waals surface area contributed by atoms with E-state index < -0.39 is 22.4 Å². The van der Waals surface area contributed by atoms with Gasteiger partial charge in [-0.05, 0) is 24.3 Å². The van der Waals surface area contributed by atoms with Crippen molar-refractivity contribution in [1.82, 2.24) is 4.72 Å². The van der Waals surface area contributed by atoms with E-state index in [2.05, 4.69) is 4.72 Å². The third kappa shape index (κ3) is 3.82. The lowest BCUT2D eigenvalue weighted by atomic mass is 10.2. The molecule has 0 saturated heterocycles. The Bertz CT molecular complexity index is 716. The van der Waals surface area contributed by atoms with Crippen LogP contribution in [0.5, 0.6) is 0 Å². The number of sulfonamides is 1. The third-order valence-corrected chi connectivity index (χ3v) is 4.67. The highest BCUT2D eigenvalue weighted by Gasteiger charge is 2.18. The van der Waals surface area contributed by atoms with Gasteiger partial charge in [0.1, 0.15) is 11.6 Å². The van der Waals surface area contributed by atoms with Crippen LogP contribution in [0.3, 0.4) is 0 Å². The molecule has 0 atom stereocenters. The van der Waals surface area contributed by atoms with Crippen molar-refractivity contribution in [3.8, 4) is 0 Å². The van der Waals surface area contributed by atoms with Crippen molar-refractivity contribution in [2.75, 3.05) is 6.54 Å². The first-order valence-corrected chi connectivity index (χ1v) is 7.91. The molecule has 2 rings (SSSR count). The molecule has 0 amide bonds. The smallest absolute Gasteiger partial charge is 0.240 e. The number of nitrogens with one attached hydrogen (secondary N) is 1. The van der Waals surface area contributed by atoms with Gasteiger partial charge in [-0.1, -0.05) is 11.6 Å². The second-order valence-corrected chi connectivity index (χ2v) is 6.41. The predicted molar refractivity (Wildman–Crippen MR) is 74.9 cm³/mol. The SMILES string of the molecule is O=S(=O)(NCCc1ccco1)c1cc(F)c(Cl)c(CO)c1. The van der Waals surface area contributed by atoms with Crippen molar-refractivity contribution < 1.29 is 22.3 Å². The van der Waals surface area contributed by atoms with Gasteiger partial charge < -0.3 is 9.52 Å². The summed E-state index contributed by atoms with van der Waals surface area (Å²) in [6.07, 6.45) is 1.86. The molecular formula is C13H13ClFNO4S. The van der Waals surface area contributed by atoms with Gasteiger partial charge in [0.2, 0.25) is 10.0 Å². The Morgan fingerprint density at radius 3 is 2.76 bits per heavy atom. The summed E-state index contributed by atoms with van der Waals surface area (Å²) in [6.45, 7) is -0.444. The molecule has 1 aromatic heterocycles. The molecule has 1 aromatic carbocycles. The molecule has 21 heavy (non-hydrogen) atoms. The zero-order valence-electron chi connectivity index (χ0n) is 10.8. The van der Waals surface area contributed by atoms with Crippen LogP contribution in [0.15, 0.2) is 39.8 Å². The van der Waals surface area contributed by atoms with Gasteiger partial charge in [0.05, 0.1) is 22.8 Å². The number of rotatable bonds is 6. The molecule has 0 spiro atoms. The minimum Gasteiger partial charge on any atom is -0.469 e. The van der Waals surface area contributed by atoms with E-state index in [1.807, 2.05) is 0 Å². The van der Waals surface area contributed by atoms with Crippen LogP contribution in [0.4, 0.5) is 4.39 Å². The molecule has 0 fully saturated rings. The summed E-state index contributed by atoms with van der Waals surface area (Å²) in [5.74, 6) is -0.259. The van der Waals surface area contributed by atoms with Gasteiger partial charge in [-0.25, -0.2) is 17.5 Å². The standard InChI is InChI=1S/C13H13ClFNO4S/c14-13-9(8-17)6-11(7-12(13)15)21(18,19)16-4-3-10-2-1-5-20-10/h1-2,5-7,16-17H,3-4,8H2. The van der Waals surface area contributed by atoms with Crippen LogP contribution in [0, 0.1) is 5.82 Å². The summed E-state index contributed by atoms with van der Waals surface area (Å²) in [5.41, 5.74) is 0.0167. The molecule has 5 nitrogen and oxygen atoms in total. The molecular weight excluding hydrogens is 321 g/mol. The Balaban J connectivity index is 2.13. The number of furan rings is 1.